The molecule has 20 heavy (non-hydrogen) atoms. The van der Waals surface area contributed by atoms with Gasteiger partial charge in [-0.15, -0.1) is 11.6 Å². The Morgan fingerprint density at radius 1 is 1.45 bits per heavy atom. The summed E-state index contributed by atoms with van der Waals surface area (Å²) >= 11 is 6.02. The molecular weight excluding hydrogens is 276 g/mol. The van der Waals surface area contributed by atoms with Gasteiger partial charge >= 0.3 is 0 Å². The van der Waals surface area contributed by atoms with Crippen molar-refractivity contribution in [2.45, 2.75) is 31.2 Å². The van der Waals surface area contributed by atoms with Crippen molar-refractivity contribution in [3.8, 4) is 0 Å². The first-order chi connectivity index (χ1) is 9.65. The van der Waals surface area contributed by atoms with Gasteiger partial charge in [0.15, 0.2) is 0 Å². The van der Waals surface area contributed by atoms with Crippen LogP contribution in [0.15, 0.2) is 29.1 Å². The molecule has 3 rings (SSSR count). The first-order valence-electron chi connectivity index (χ1n) is 6.80. The van der Waals surface area contributed by atoms with Crippen LogP contribution < -0.4 is 5.56 Å². The summed E-state index contributed by atoms with van der Waals surface area (Å²) < 4.78 is 7.31. The molecule has 1 aromatic heterocycles. The van der Waals surface area contributed by atoms with Crippen molar-refractivity contribution in [3.63, 3.8) is 0 Å². The first-order valence-corrected chi connectivity index (χ1v) is 7.34. The van der Waals surface area contributed by atoms with Gasteiger partial charge < -0.3 is 4.74 Å². The molecule has 0 amide bonds. The van der Waals surface area contributed by atoms with E-state index in [0.29, 0.717) is 23.3 Å². The summed E-state index contributed by atoms with van der Waals surface area (Å²) in [5.41, 5.74) is 0.306. The van der Waals surface area contributed by atoms with E-state index < -0.39 is 0 Å². The zero-order valence-corrected chi connectivity index (χ0v) is 12.2. The van der Waals surface area contributed by atoms with Crippen LogP contribution in [-0.2, 0) is 16.2 Å². The maximum Gasteiger partial charge on any atom is 0.262 e. The molecule has 0 spiro atoms. The number of halogens is 1. The van der Waals surface area contributed by atoms with Crippen LogP contribution in [0.4, 0.5) is 0 Å². The summed E-state index contributed by atoms with van der Waals surface area (Å²) in [4.78, 5) is 17.4. The Morgan fingerprint density at radius 2 is 2.25 bits per heavy atom. The highest BCUT2D eigenvalue weighted by Gasteiger charge is 2.33. The van der Waals surface area contributed by atoms with E-state index in [0.717, 1.165) is 19.4 Å². The fourth-order valence-electron chi connectivity index (χ4n) is 2.92. The van der Waals surface area contributed by atoms with Crippen LogP contribution in [0.25, 0.3) is 10.9 Å². The van der Waals surface area contributed by atoms with Gasteiger partial charge in [0.1, 0.15) is 5.82 Å². The molecule has 0 radical (unpaired) electrons. The van der Waals surface area contributed by atoms with Crippen LogP contribution in [-0.4, -0.2) is 22.8 Å². The lowest BCUT2D eigenvalue weighted by Gasteiger charge is -2.36. The summed E-state index contributed by atoms with van der Waals surface area (Å²) in [5, 5.41) is 0.633. The molecule has 2 heterocycles. The van der Waals surface area contributed by atoms with E-state index in [4.69, 9.17) is 16.3 Å². The highest BCUT2D eigenvalue weighted by Crippen LogP contribution is 2.27. The lowest BCUT2D eigenvalue weighted by Crippen LogP contribution is -2.46. The van der Waals surface area contributed by atoms with Crippen LogP contribution in [0.2, 0.25) is 0 Å². The van der Waals surface area contributed by atoms with Crippen LogP contribution in [0.5, 0.6) is 0 Å². The zero-order chi connectivity index (χ0) is 14.2. The smallest absolute Gasteiger partial charge is 0.262 e. The lowest BCUT2D eigenvalue weighted by molar-refractivity contribution is 0.00647. The Kier molecular flexibility index (Phi) is 3.52. The summed E-state index contributed by atoms with van der Waals surface area (Å²) in [7, 11) is 0. The largest absolute Gasteiger partial charge is 0.379 e. The van der Waals surface area contributed by atoms with E-state index in [9.17, 15) is 4.79 Å². The van der Waals surface area contributed by atoms with Crippen molar-refractivity contribution in [2.75, 3.05) is 13.2 Å². The van der Waals surface area contributed by atoms with Crippen molar-refractivity contribution < 1.29 is 4.74 Å². The number of ether oxygens (including phenoxy) is 1. The Morgan fingerprint density at radius 3 is 2.95 bits per heavy atom. The van der Waals surface area contributed by atoms with Crippen LogP contribution in [0, 0.1) is 0 Å². The van der Waals surface area contributed by atoms with Gasteiger partial charge in [-0.2, -0.15) is 0 Å². The van der Waals surface area contributed by atoms with E-state index in [-0.39, 0.29) is 17.0 Å². The number of hydrogen-bond acceptors (Lipinski definition) is 3. The number of hydrogen-bond donors (Lipinski definition) is 0. The minimum absolute atomic E-state index is 0.0285. The van der Waals surface area contributed by atoms with E-state index >= 15 is 0 Å². The molecule has 1 atom stereocenters. The lowest BCUT2D eigenvalue weighted by atomic mass is 9.94. The maximum absolute atomic E-state index is 12.8. The molecule has 2 aromatic rings. The average Bonchev–Trinajstić information content (AvgIpc) is 2.47. The van der Waals surface area contributed by atoms with Crippen molar-refractivity contribution >= 4 is 22.5 Å². The Hall–Kier alpha value is -1.39. The second-order valence-electron chi connectivity index (χ2n) is 5.47. The highest BCUT2D eigenvalue weighted by molar-refractivity contribution is 6.16. The predicted octanol–water partition coefficient (Wildman–Crippen LogP) is 2.66. The topological polar surface area (TPSA) is 44.1 Å². The van der Waals surface area contributed by atoms with Gasteiger partial charge in [-0.3, -0.25) is 9.36 Å². The molecule has 0 N–H and O–H groups in total. The van der Waals surface area contributed by atoms with Gasteiger partial charge in [0.25, 0.3) is 5.56 Å². The molecule has 1 fully saturated rings. The number of aromatic nitrogens is 2. The maximum atomic E-state index is 12.8. The van der Waals surface area contributed by atoms with Crippen molar-refractivity contribution in [3.05, 3.63) is 40.4 Å². The third-order valence-corrected chi connectivity index (χ3v) is 4.16. The Labute approximate surface area is 122 Å². The Balaban J connectivity index is 2.28. The molecule has 1 aliphatic rings. The second kappa shape index (κ2) is 5.19. The van der Waals surface area contributed by atoms with Gasteiger partial charge in [-0.1, -0.05) is 12.1 Å². The van der Waals surface area contributed by atoms with Crippen LogP contribution >= 0.6 is 11.6 Å². The monoisotopic (exact) mass is 292 g/mol. The van der Waals surface area contributed by atoms with Crippen LogP contribution in [0.1, 0.15) is 25.6 Å². The molecule has 1 saturated heterocycles. The fourth-order valence-corrected chi connectivity index (χ4v) is 3.10. The quantitative estimate of drug-likeness (QED) is 0.799. The summed E-state index contributed by atoms with van der Waals surface area (Å²) in [6.45, 7) is 3.32. The highest BCUT2D eigenvalue weighted by atomic mass is 35.5. The van der Waals surface area contributed by atoms with Gasteiger partial charge in [0.2, 0.25) is 0 Å². The van der Waals surface area contributed by atoms with Gasteiger partial charge in [0.05, 0.1) is 28.9 Å². The standard InChI is InChI=1S/C15H17ClN2O2/c1-15(7-4-8-20-10-15)18-13(9-16)17-12-6-3-2-5-11(12)14(18)19/h2-3,5-6H,4,7-10H2,1H3. The molecule has 0 aliphatic carbocycles. The normalized spacial score (nSPS) is 23.1. The molecule has 1 aromatic carbocycles. The number of rotatable bonds is 2. The molecule has 1 aliphatic heterocycles. The number of para-hydroxylation sites is 1. The number of alkyl halides is 1. The first kappa shape index (κ1) is 13.6. The number of fused-ring (bicyclic) bond motifs is 1. The Bertz CT molecular complexity index is 690. The molecule has 0 bridgehead atoms. The van der Waals surface area contributed by atoms with Crippen molar-refractivity contribution in [1.29, 1.82) is 0 Å². The molecule has 1 unspecified atom stereocenters. The number of benzene rings is 1. The third kappa shape index (κ3) is 2.13. The number of nitrogens with zero attached hydrogens (tertiary/aromatic N) is 2. The van der Waals surface area contributed by atoms with Crippen molar-refractivity contribution in [2.24, 2.45) is 0 Å². The van der Waals surface area contributed by atoms with Crippen LogP contribution in [0.3, 0.4) is 0 Å². The predicted molar refractivity (Wildman–Crippen MR) is 79.3 cm³/mol. The fraction of sp³-hybridized carbons (Fsp3) is 0.467. The average molecular weight is 293 g/mol. The summed E-state index contributed by atoms with van der Waals surface area (Å²) in [5.74, 6) is 0.832. The molecule has 0 saturated carbocycles. The second-order valence-corrected chi connectivity index (χ2v) is 5.74. The van der Waals surface area contributed by atoms with Gasteiger partial charge in [0, 0.05) is 6.61 Å². The van der Waals surface area contributed by atoms with E-state index in [1.165, 1.54) is 0 Å². The molecule has 4 nitrogen and oxygen atoms in total. The third-order valence-electron chi connectivity index (χ3n) is 3.92. The minimum Gasteiger partial charge on any atom is -0.379 e. The van der Waals surface area contributed by atoms with Gasteiger partial charge in [-0.05, 0) is 31.9 Å². The minimum atomic E-state index is -0.364. The van der Waals surface area contributed by atoms with E-state index in [1.807, 2.05) is 31.2 Å². The zero-order valence-electron chi connectivity index (χ0n) is 11.4. The summed E-state index contributed by atoms with van der Waals surface area (Å²) in [6, 6.07) is 7.39. The SMILES string of the molecule is CC1(n2c(CCl)nc3ccccc3c2=O)CCCOC1. The molecule has 106 valence electrons. The van der Waals surface area contributed by atoms with E-state index in [2.05, 4.69) is 4.98 Å². The molecule has 5 heteroatoms. The van der Waals surface area contributed by atoms with Gasteiger partial charge in [-0.25, -0.2) is 4.98 Å². The summed E-state index contributed by atoms with van der Waals surface area (Å²) in [6.07, 6.45) is 1.84. The van der Waals surface area contributed by atoms with E-state index in [1.54, 1.807) is 4.57 Å². The molecular formula is C15H17ClN2O2. The van der Waals surface area contributed by atoms with Crippen molar-refractivity contribution in [1.82, 2.24) is 9.55 Å².